The number of nitrogens with zero attached hydrogens (tertiary/aromatic N) is 4. The summed E-state index contributed by atoms with van der Waals surface area (Å²) in [5.74, 6) is -0.503. The monoisotopic (exact) mass is 333 g/mol. The van der Waals surface area contributed by atoms with Crippen molar-refractivity contribution < 1.29 is 14.4 Å². The smallest absolute Gasteiger partial charge is 0.274 e. The third-order valence-corrected chi connectivity index (χ3v) is 4.72. The summed E-state index contributed by atoms with van der Waals surface area (Å²) in [5.41, 5.74) is 0.429. The van der Waals surface area contributed by atoms with E-state index >= 15 is 0 Å². The summed E-state index contributed by atoms with van der Waals surface area (Å²) >= 11 is 0. The zero-order chi connectivity index (χ0) is 17.4. The van der Waals surface area contributed by atoms with E-state index in [2.05, 4.69) is 10.4 Å². The lowest BCUT2D eigenvalue weighted by Gasteiger charge is -2.43. The van der Waals surface area contributed by atoms with E-state index in [9.17, 15) is 14.4 Å². The van der Waals surface area contributed by atoms with Gasteiger partial charge in [-0.15, -0.1) is 0 Å². The molecule has 3 amide bonds. The Morgan fingerprint density at radius 2 is 2.00 bits per heavy atom. The van der Waals surface area contributed by atoms with Gasteiger partial charge in [-0.3, -0.25) is 19.1 Å². The Morgan fingerprint density at radius 3 is 2.58 bits per heavy atom. The van der Waals surface area contributed by atoms with Gasteiger partial charge in [0.05, 0.1) is 12.0 Å². The molecule has 0 aromatic carbocycles. The molecule has 2 aliphatic rings. The fourth-order valence-corrected chi connectivity index (χ4v) is 3.18. The van der Waals surface area contributed by atoms with E-state index in [1.807, 2.05) is 13.8 Å². The van der Waals surface area contributed by atoms with Gasteiger partial charge in [0, 0.05) is 45.3 Å². The highest BCUT2D eigenvalue weighted by Crippen LogP contribution is 2.26. The molecule has 0 radical (unpaired) electrons. The van der Waals surface area contributed by atoms with Crippen LogP contribution >= 0.6 is 0 Å². The second kappa shape index (κ2) is 6.26. The second-order valence-corrected chi connectivity index (χ2v) is 6.70. The third kappa shape index (κ3) is 2.88. The predicted molar refractivity (Wildman–Crippen MR) is 86.2 cm³/mol. The number of rotatable bonds is 4. The first kappa shape index (κ1) is 16.5. The Kier molecular flexibility index (Phi) is 4.29. The summed E-state index contributed by atoms with van der Waals surface area (Å²) < 4.78 is 1.75. The van der Waals surface area contributed by atoms with Gasteiger partial charge in [0.1, 0.15) is 5.69 Å². The molecule has 2 fully saturated rings. The first-order valence-electron chi connectivity index (χ1n) is 8.26. The Bertz CT molecular complexity index is 662. The van der Waals surface area contributed by atoms with Crippen LogP contribution in [0.2, 0.25) is 0 Å². The van der Waals surface area contributed by atoms with Crippen molar-refractivity contribution in [1.82, 2.24) is 24.9 Å². The maximum atomic E-state index is 12.4. The molecule has 1 atom stereocenters. The molecule has 0 aliphatic carbocycles. The van der Waals surface area contributed by atoms with Gasteiger partial charge in [0.25, 0.3) is 5.91 Å². The first-order valence-corrected chi connectivity index (χ1v) is 8.26. The van der Waals surface area contributed by atoms with Gasteiger partial charge in [-0.2, -0.15) is 5.10 Å². The number of likely N-dealkylation sites (tertiary alicyclic amines) is 2. The van der Waals surface area contributed by atoms with Crippen LogP contribution in [0.3, 0.4) is 0 Å². The van der Waals surface area contributed by atoms with Crippen LogP contribution in [-0.2, 0) is 9.59 Å². The third-order valence-electron chi connectivity index (χ3n) is 4.72. The number of aromatic nitrogens is 2. The summed E-state index contributed by atoms with van der Waals surface area (Å²) in [6, 6.07) is 1.93. The molecule has 0 saturated carbocycles. The number of hydrogen-bond donors (Lipinski definition) is 1. The van der Waals surface area contributed by atoms with E-state index < -0.39 is 0 Å². The van der Waals surface area contributed by atoms with Gasteiger partial charge in [-0.1, -0.05) is 0 Å². The van der Waals surface area contributed by atoms with Gasteiger partial charge in [0.2, 0.25) is 11.8 Å². The molecule has 0 spiro atoms. The lowest BCUT2D eigenvalue weighted by molar-refractivity contribution is -0.132. The van der Waals surface area contributed by atoms with Crippen LogP contribution in [0.25, 0.3) is 0 Å². The highest BCUT2D eigenvalue weighted by molar-refractivity contribution is 5.93. The Balaban J connectivity index is 1.56. The van der Waals surface area contributed by atoms with Crippen molar-refractivity contribution in [3.05, 3.63) is 18.0 Å². The summed E-state index contributed by atoms with van der Waals surface area (Å²) in [5, 5.41) is 6.88. The molecule has 2 aliphatic heterocycles. The molecule has 24 heavy (non-hydrogen) atoms. The lowest BCUT2D eigenvalue weighted by atomic mass is 10.1. The van der Waals surface area contributed by atoms with Gasteiger partial charge >= 0.3 is 0 Å². The van der Waals surface area contributed by atoms with E-state index in [0.29, 0.717) is 25.3 Å². The van der Waals surface area contributed by atoms with Crippen molar-refractivity contribution in [3.8, 4) is 0 Å². The number of carbonyl (C=O) groups excluding carboxylic acids is 3. The van der Waals surface area contributed by atoms with Crippen LogP contribution in [0.5, 0.6) is 0 Å². The quantitative estimate of drug-likeness (QED) is 0.832. The molecule has 3 rings (SSSR count). The average Bonchev–Trinajstić information content (AvgIpc) is 3.12. The highest BCUT2D eigenvalue weighted by atomic mass is 16.2. The summed E-state index contributed by atoms with van der Waals surface area (Å²) in [7, 11) is 1.58. The number of carbonyl (C=O) groups is 3. The average molecular weight is 333 g/mol. The molecular formula is C16H23N5O3. The van der Waals surface area contributed by atoms with Gasteiger partial charge in [-0.25, -0.2) is 0 Å². The molecule has 3 heterocycles. The molecule has 8 heteroatoms. The van der Waals surface area contributed by atoms with Crippen LogP contribution in [0.15, 0.2) is 12.3 Å². The van der Waals surface area contributed by atoms with E-state index in [0.717, 1.165) is 0 Å². The number of amides is 3. The van der Waals surface area contributed by atoms with E-state index in [4.69, 9.17) is 0 Å². The van der Waals surface area contributed by atoms with Gasteiger partial charge in [0.15, 0.2) is 0 Å². The van der Waals surface area contributed by atoms with E-state index in [1.54, 1.807) is 33.8 Å². The van der Waals surface area contributed by atoms with Crippen molar-refractivity contribution >= 4 is 17.7 Å². The lowest BCUT2D eigenvalue weighted by Crippen LogP contribution is -2.61. The minimum absolute atomic E-state index is 0.00305. The van der Waals surface area contributed by atoms with Crippen LogP contribution in [0.1, 0.15) is 36.8 Å². The highest BCUT2D eigenvalue weighted by Gasteiger charge is 2.43. The normalized spacial score (nSPS) is 21.3. The number of nitrogens with one attached hydrogen (secondary N) is 1. The molecule has 8 nitrogen and oxygen atoms in total. The maximum absolute atomic E-state index is 12.4. The molecule has 1 aromatic rings. The van der Waals surface area contributed by atoms with E-state index in [-0.39, 0.29) is 42.1 Å². The fourth-order valence-electron chi connectivity index (χ4n) is 3.18. The molecule has 2 saturated heterocycles. The fraction of sp³-hybridized carbons (Fsp3) is 0.625. The van der Waals surface area contributed by atoms with Gasteiger partial charge in [-0.05, 0) is 19.9 Å². The Labute approximate surface area is 140 Å². The first-order chi connectivity index (χ1) is 11.4. The zero-order valence-corrected chi connectivity index (χ0v) is 14.2. The molecule has 130 valence electrons. The molecule has 1 unspecified atom stereocenters. The maximum Gasteiger partial charge on any atom is 0.274 e. The van der Waals surface area contributed by atoms with Gasteiger partial charge < -0.3 is 15.1 Å². The Morgan fingerprint density at radius 1 is 1.29 bits per heavy atom. The SMILES string of the molecule is CNC(=O)C1CC(=O)N(C2CN(C(=O)c3ccn(C(C)C)n3)C2)C1. The van der Waals surface area contributed by atoms with Crippen molar-refractivity contribution in [1.29, 1.82) is 0 Å². The van der Waals surface area contributed by atoms with Crippen molar-refractivity contribution in [2.45, 2.75) is 32.4 Å². The number of hydrogen-bond acceptors (Lipinski definition) is 4. The topological polar surface area (TPSA) is 87.5 Å². The predicted octanol–water partition coefficient (Wildman–Crippen LogP) is -0.117. The van der Waals surface area contributed by atoms with Crippen molar-refractivity contribution in [2.75, 3.05) is 26.7 Å². The minimum atomic E-state index is -0.283. The summed E-state index contributed by atoms with van der Waals surface area (Å²) in [6.45, 7) is 5.44. The standard InChI is InChI=1S/C16H23N5O3/c1-10(2)21-5-4-13(18-21)16(24)19-8-12(9-19)20-7-11(6-14(20)22)15(23)17-3/h4-5,10-12H,6-9H2,1-3H3,(H,17,23). The largest absolute Gasteiger partial charge is 0.359 e. The van der Waals surface area contributed by atoms with Crippen molar-refractivity contribution in [3.63, 3.8) is 0 Å². The zero-order valence-electron chi connectivity index (χ0n) is 14.2. The molecule has 1 N–H and O–H groups in total. The second-order valence-electron chi connectivity index (χ2n) is 6.70. The minimum Gasteiger partial charge on any atom is -0.359 e. The van der Waals surface area contributed by atoms with Crippen LogP contribution in [-0.4, -0.2) is 70.0 Å². The van der Waals surface area contributed by atoms with E-state index in [1.165, 1.54) is 0 Å². The molecule has 1 aromatic heterocycles. The van der Waals surface area contributed by atoms with Crippen molar-refractivity contribution in [2.24, 2.45) is 5.92 Å². The summed E-state index contributed by atoms with van der Waals surface area (Å²) in [4.78, 5) is 39.6. The molecular weight excluding hydrogens is 310 g/mol. The van der Waals surface area contributed by atoms with Crippen LogP contribution in [0.4, 0.5) is 0 Å². The van der Waals surface area contributed by atoms with Crippen LogP contribution in [0, 0.1) is 5.92 Å². The van der Waals surface area contributed by atoms with Crippen LogP contribution < -0.4 is 5.32 Å². The Hall–Kier alpha value is -2.38. The molecule has 0 bridgehead atoms. The summed E-state index contributed by atoms with van der Waals surface area (Å²) in [6.07, 6.45) is 2.05.